The second-order valence-electron chi connectivity index (χ2n) is 5.04. The van der Waals surface area contributed by atoms with Crippen LogP contribution in [0.1, 0.15) is 51.9 Å². The van der Waals surface area contributed by atoms with Crippen LogP contribution in [0.2, 0.25) is 0 Å². The fourth-order valence-corrected chi connectivity index (χ4v) is 4.32. The van der Waals surface area contributed by atoms with E-state index in [1.807, 2.05) is 0 Å². The van der Waals surface area contributed by atoms with E-state index in [4.69, 9.17) is 14.4 Å². The molecule has 0 radical (unpaired) electrons. The molecule has 132 valence electrons. The Kier molecular flexibility index (Phi) is 9.08. The van der Waals surface area contributed by atoms with Crippen LogP contribution in [0.5, 0.6) is 0 Å². The molecule has 0 aliphatic carbocycles. The van der Waals surface area contributed by atoms with Gasteiger partial charge in [-0.2, -0.15) is 22.1 Å². The van der Waals surface area contributed by atoms with Gasteiger partial charge in [0.1, 0.15) is 10.5 Å². The van der Waals surface area contributed by atoms with Crippen LogP contribution in [0.3, 0.4) is 0 Å². The van der Waals surface area contributed by atoms with Crippen molar-refractivity contribution in [3.8, 4) is 0 Å². The van der Waals surface area contributed by atoms with Crippen molar-refractivity contribution in [2.75, 3.05) is 0 Å². The van der Waals surface area contributed by atoms with Gasteiger partial charge in [-0.3, -0.25) is 9.11 Å². The van der Waals surface area contributed by atoms with E-state index in [2.05, 4.69) is 4.89 Å². The van der Waals surface area contributed by atoms with E-state index in [0.29, 0.717) is 32.1 Å². The summed E-state index contributed by atoms with van der Waals surface area (Å²) in [5, 5.41) is 4.84. The molecule has 0 aromatic heterocycles. The van der Waals surface area contributed by atoms with Gasteiger partial charge in [0.05, 0.1) is 0 Å². The molecular formula is C11H22O9S2. The summed E-state index contributed by atoms with van der Waals surface area (Å²) in [7, 11) is -9.15. The molecule has 22 heavy (non-hydrogen) atoms. The predicted octanol–water partition coefficient (Wildman–Crippen LogP) is 1.27. The largest absolute Gasteiger partial charge is 0.342 e. The molecule has 0 spiro atoms. The third-order valence-electron chi connectivity index (χ3n) is 3.35. The lowest BCUT2D eigenvalue weighted by Crippen LogP contribution is -2.37. The SMILES string of the molecule is CC(C(CCCCCCCC(=O)OO)S(=O)(=O)O)S(=O)(=O)O. The quantitative estimate of drug-likeness (QED) is 0.213. The normalized spacial score (nSPS) is 15.3. The predicted molar refractivity (Wildman–Crippen MR) is 77.4 cm³/mol. The number of rotatable bonds is 11. The van der Waals surface area contributed by atoms with E-state index in [1.165, 1.54) is 0 Å². The molecule has 0 saturated carbocycles. The molecule has 3 N–H and O–H groups in total. The number of carbonyl (C=O) groups excluding carboxylic acids is 1. The van der Waals surface area contributed by atoms with Crippen molar-refractivity contribution in [2.24, 2.45) is 0 Å². The molecule has 0 amide bonds. The lowest BCUT2D eigenvalue weighted by atomic mass is 10.1. The highest BCUT2D eigenvalue weighted by atomic mass is 32.2. The zero-order valence-corrected chi connectivity index (χ0v) is 13.8. The highest BCUT2D eigenvalue weighted by Gasteiger charge is 2.36. The standard InChI is InChI=1S/C11H22O9S2/c1-9(21(14,15)16)10(22(17,18)19)7-5-3-2-4-6-8-11(12)20-13/h9-10,13H,2-8H2,1H3,(H,14,15,16)(H,17,18,19). The molecule has 2 unspecified atom stereocenters. The summed E-state index contributed by atoms with van der Waals surface area (Å²) in [6.07, 6.45) is 2.70. The molecule has 0 aromatic carbocycles. The number of hydrogen-bond donors (Lipinski definition) is 3. The summed E-state index contributed by atoms with van der Waals surface area (Å²) < 4.78 is 62.4. The summed E-state index contributed by atoms with van der Waals surface area (Å²) in [5.41, 5.74) is 0. The molecule has 2 atom stereocenters. The van der Waals surface area contributed by atoms with Crippen LogP contribution >= 0.6 is 0 Å². The van der Waals surface area contributed by atoms with Gasteiger partial charge in [-0.25, -0.2) is 4.79 Å². The fraction of sp³-hybridized carbons (Fsp3) is 0.909. The smallest absolute Gasteiger partial charge is 0.301 e. The van der Waals surface area contributed by atoms with Gasteiger partial charge in [0.2, 0.25) is 0 Å². The van der Waals surface area contributed by atoms with Gasteiger partial charge < -0.3 is 4.89 Å². The van der Waals surface area contributed by atoms with Crippen molar-refractivity contribution in [1.82, 2.24) is 0 Å². The highest BCUT2D eigenvalue weighted by molar-refractivity contribution is 7.90. The Morgan fingerprint density at radius 2 is 1.45 bits per heavy atom. The minimum Gasteiger partial charge on any atom is -0.301 e. The van der Waals surface area contributed by atoms with Crippen molar-refractivity contribution in [3.05, 3.63) is 0 Å². The highest BCUT2D eigenvalue weighted by Crippen LogP contribution is 2.19. The lowest BCUT2D eigenvalue weighted by molar-refractivity contribution is -0.234. The Morgan fingerprint density at radius 3 is 1.91 bits per heavy atom. The van der Waals surface area contributed by atoms with Crippen LogP contribution in [0.15, 0.2) is 0 Å². The van der Waals surface area contributed by atoms with E-state index in [1.54, 1.807) is 0 Å². The first-order valence-corrected chi connectivity index (χ1v) is 9.77. The maximum atomic E-state index is 11.2. The lowest BCUT2D eigenvalue weighted by Gasteiger charge is -2.18. The van der Waals surface area contributed by atoms with Gasteiger partial charge in [0.25, 0.3) is 20.2 Å². The molecule has 0 fully saturated rings. The van der Waals surface area contributed by atoms with Crippen molar-refractivity contribution in [1.29, 1.82) is 0 Å². The van der Waals surface area contributed by atoms with Crippen LogP contribution in [0.25, 0.3) is 0 Å². The summed E-state index contributed by atoms with van der Waals surface area (Å²) in [5.74, 6) is -0.728. The topological polar surface area (TPSA) is 155 Å². The first-order chi connectivity index (χ1) is 10.00. The number of unbranched alkanes of at least 4 members (excludes halogenated alkanes) is 4. The number of carbonyl (C=O) groups is 1. The van der Waals surface area contributed by atoms with Gasteiger partial charge in [-0.05, 0) is 19.8 Å². The van der Waals surface area contributed by atoms with E-state index in [-0.39, 0.29) is 12.8 Å². The third kappa shape index (κ3) is 8.63. The zero-order chi connectivity index (χ0) is 17.4. The molecule has 11 heteroatoms. The van der Waals surface area contributed by atoms with E-state index < -0.39 is 36.7 Å². The first kappa shape index (κ1) is 21.2. The molecule has 0 aliphatic heterocycles. The van der Waals surface area contributed by atoms with Gasteiger partial charge in [-0.1, -0.05) is 25.7 Å². The Labute approximate surface area is 130 Å². The monoisotopic (exact) mass is 362 g/mol. The van der Waals surface area contributed by atoms with Gasteiger partial charge in [0.15, 0.2) is 0 Å². The van der Waals surface area contributed by atoms with E-state index >= 15 is 0 Å². The Bertz CT molecular complexity index is 538. The average Bonchev–Trinajstić information content (AvgIpc) is 2.38. The van der Waals surface area contributed by atoms with E-state index in [0.717, 1.165) is 6.92 Å². The summed E-state index contributed by atoms with van der Waals surface area (Å²) in [6.45, 7) is 1.02. The van der Waals surface area contributed by atoms with Crippen LogP contribution in [-0.2, 0) is 29.9 Å². The molecular weight excluding hydrogens is 340 g/mol. The van der Waals surface area contributed by atoms with Crippen molar-refractivity contribution in [2.45, 2.75) is 62.4 Å². The Balaban J connectivity index is 4.20. The van der Waals surface area contributed by atoms with E-state index in [9.17, 15) is 21.6 Å². The molecule has 9 nitrogen and oxygen atoms in total. The summed E-state index contributed by atoms with van der Waals surface area (Å²) in [4.78, 5) is 14.1. The second-order valence-corrected chi connectivity index (χ2v) is 8.45. The Hall–Kier alpha value is -0.750. The van der Waals surface area contributed by atoms with Crippen molar-refractivity contribution >= 4 is 26.2 Å². The van der Waals surface area contributed by atoms with Crippen molar-refractivity contribution < 1.29 is 40.9 Å². The maximum absolute atomic E-state index is 11.2. The average molecular weight is 362 g/mol. The summed E-state index contributed by atoms with van der Waals surface area (Å²) in [6, 6.07) is 0. The van der Waals surface area contributed by atoms with Crippen LogP contribution < -0.4 is 0 Å². The first-order valence-electron chi connectivity index (χ1n) is 6.77. The minimum atomic E-state index is -4.59. The Morgan fingerprint density at radius 1 is 0.955 bits per heavy atom. The van der Waals surface area contributed by atoms with Gasteiger partial charge >= 0.3 is 5.97 Å². The molecule has 0 bridgehead atoms. The third-order valence-corrected chi connectivity index (χ3v) is 6.20. The van der Waals surface area contributed by atoms with Crippen LogP contribution in [0.4, 0.5) is 0 Å². The van der Waals surface area contributed by atoms with Gasteiger partial charge in [-0.15, -0.1) is 0 Å². The molecule has 0 aromatic rings. The number of hydrogen-bond acceptors (Lipinski definition) is 7. The maximum Gasteiger partial charge on any atom is 0.342 e. The second kappa shape index (κ2) is 9.40. The summed E-state index contributed by atoms with van der Waals surface area (Å²) >= 11 is 0. The molecule has 0 heterocycles. The fourth-order valence-electron chi connectivity index (χ4n) is 2.01. The molecule has 0 aliphatic rings. The van der Waals surface area contributed by atoms with Crippen LogP contribution in [0, 0.1) is 0 Å². The molecule has 0 rings (SSSR count). The minimum absolute atomic E-state index is 0.0733. The van der Waals surface area contributed by atoms with Gasteiger partial charge in [0, 0.05) is 6.42 Å². The van der Waals surface area contributed by atoms with Crippen molar-refractivity contribution in [3.63, 3.8) is 0 Å². The zero-order valence-electron chi connectivity index (χ0n) is 12.2. The molecule has 0 saturated heterocycles. The van der Waals surface area contributed by atoms with Crippen LogP contribution in [-0.4, -0.2) is 47.7 Å².